The van der Waals surface area contributed by atoms with Crippen molar-refractivity contribution in [1.29, 1.82) is 5.26 Å². The second kappa shape index (κ2) is 6.10. The molecule has 4 heteroatoms. The van der Waals surface area contributed by atoms with Gasteiger partial charge in [0.15, 0.2) is 0 Å². The summed E-state index contributed by atoms with van der Waals surface area (Å²) in [5.74, 6) is -0.359. The molecule has 96 valence electrons. The topological polar surface area (TPSA) is 35.8 Å². The fraction of sp³-hybridized carbons (Fsp3) is 0.500. The van der Waals surface area contributed by atoms with Crippen molar-refractivity contribution in [2.24, 2.45) is 0 Å². The first-order valence-electron chi connectivity index (χ1n) is 6.23. The zero-order valence-electron chi connectivity index (χ0n) is 10.4. The van der Waals surface area contributed by atoms with Crippen LogP contribution in [0.4, 0.5) is 10.1 Å². The molecule has 2 atom stereocenters. The van der Waals surface area contributed by atoms with Crippen molar-refractivity contribution in [1.82, 2.24) is 0 Å². The molecule has 1 aliphatic rings. The van der Waals surface area contributed by atoms with E-state index in [-0.39, 0.29) is 5.82 Å². The minimum Gasteiger partial charge on any atom is -0.380 e. The van der Waals surface area contributed by atoms with Crippen molar-refractivity contribution in [3.8, 4) is 6.07 Å². The molecule has 18 heavy (non-hydrogen) atoms. The van der Waals surface area contributed by atoms with Crippen molar-refractivity contribution >= 4 is 17.4 Å². The number of hydrogen-bond acceptors (Lipinski definition) is 3. The van der Waals surface area contributed by atoms with Gasteiger partial charge in [0, 0.05) is 11.3 Å². The van der Waals surface area contributed by atoms with Gasteiger partial charge in [-0.2, -0.15) is 17.0 Å². The van der Waals surface area contributed by atoms with Crippen molar-refractivity contribution in [3.05, 3.63) is 29.6 Å². The molecule has 0 amide bonds. The molecule has 1 N–H and O–H groups in total. The molecule has 0 aromatic heterocycles. The second-order valence-corrected chi connectivity index (χ2v) is 5.69. The van der Waals surface area contributed by atoms with Crippen LogP contribution in [-0.2, 0) is 0 Å². The molecule has 1 fully saturated rings. The van der Waals surface area contributed by atoms with Gasteiger partial charge >= 0.3 is 0 Å². The Balaban J connectivity index is 2.15. The number of nitrogens with one attached hydrogen (secondary N) is 1. The van der Waals surface area contributed by atoms with Crippen LogP contribution >= 0.6 is 11.8 Å². The summed E-state index contributed by atoms with van der Waals surface area (Å²) in [6, 6.07) is 6.79. The maximum absolute atomic E-state index is 13.1. The predicted octanol–water partition coefficient (Wildman–Crippen LogP) is 3.78. The summed E-state index contributed by atoms with van der Waals surface area (Å²) in [5, 5.41) is 13.0. The van der Waals surface area contributed by atoms with E-state index in [0.717, 1.165) is 12.1 Å². The third-order valence-corrected chi connectivity index (χ3v) is 4.62. The highest BCUT2D eigenvalue weighted by atomic mass is 32.2. The average molecular weight is 264 g/mol. The normalized spacial score (nSPS) is 23.4. The van der Waals surface area contributed by atoms with Gasteiger partial charge in [-0.25, -0.2) is 4.39 Å². The van der Waals surface area contributed by atoms with Crippen LogP contribution < -0.4 is 5.32 Å². The third kappa shape index (κ3) is 2.97. The van der Waals surface area contributed by atoms with Crippen LogP contribution in [-0.4, -0.2) is 17.5 Å². The van der Waals surface area contributed by atoms with Gasteiger partial charge in [0.1, 0.15) is 11.9 Å². The third-order valence-electron chi connectivity index (χ3n) is 3.45. The van der Waals surface area contributed by atoms with Crippen molar-refractivity contribution in [2.75, 3.05) is 11.6 Å². The summed E-state index contributed by atoms with van der Waals surface area (Å²) in [5.41, 5.74) is 1.14. The molecule has 0 bridgehead atoms. The Bertz CT molecular complexity index is 456. The minimum absolute atomic E-state index is 0.359. The second-order valence-electron chi connectivity index (χ2n) is 4.61. The zero-order valence-corrected chi connectivity index (χ0v) is 11.3. The fourth-order valence-electron chi connectivity index (χ4n) is 2.48. The number of rotatable bonds is 3. The highest BCUT2D eigenvalue weighted by Gasteiger charge is 2.24. The van der Waals surface area contributed by atoms with E-state index >= 15 is 0 Å². The summed E-state index contributed by atoms with van der Waals surface area (Å²) in [6.07, 6.45) is 6.95. The summed E-state index contributed by atoms with van der Waals surface area (Å²) in [7, 11) is 0. The van der Waals surface area contributed by atoms with E-state index in [2.05, 4.69) is 11.6 Å². The van der Waals surface area contributed by atoms with E-state index in [9.17, 15) is 4.39 Å². The Kier molecular flexibility index (Phi) is 4.48. The van der Waals surface area contributed by atoms with E-state index in [4.69, 9.17) is 5.26 Å². The van der Waals surface area contributed by atoms with Gasteiger partial charge in [-0.3, -0.25) is 0 Å². The molecular weight excluding hydrogens is 247 g/mol. The number of halogens is 1. The Hall–Kier alpha value is -1.21. The highest BCUT2D eigenvalue weighted by molar-refractivity contribution is 7.99. The molecule has 0 saturated heterocycles. The number of hydrogen-bond donors (Lipinski definition) is 1. The summed E-state index contributed by atoms with van der Waals surface area (Å²) >= 11 is 1.87. The van der Waals surface area contributed by atoms with Gasteiger partial charge in [0.05, 0.1) is 11.3 Å². The minimum atomic E-state index is -0.359. The molecule has 0 radical (unpaired) electrons. The van der Waals surface area contributed by atoms with Gasteiger partial charge in [-0.05, 0) is 37.3 Å². The van der Waals surface area contributed by atoms with Crippen LogP contribution in [0.5, 0.6) is 0 Å². The lowest BCUT2D eigenvalue weighted by Gasteiger charge is -2.32. The van der Waals surface area contributed by atoms with Crippen molar-refractivity contribution in [2.45, 2.75) is 37.0 Å². The maximum Gasteiger partial charge on any atom is 0.124 e. The van der Waals surface area contributed by atoms with E-state index in [0.29, 0.717) is 16.9 Å². The van der Waals surface area contributed by atoms with Gasteiger partial charge in [0.2, 0.25) is 0 Å². The van der Waals surface area contributed by atoms with Crippen LogP contribution in [0.3, 0.4) is 0 Å². The van der Waals surface area contributed by atoms with Gasteiger partial charge in [-0.15, -0.1) is 0 Å². The quantitative estimate of drug-likeness (QED) is 0.902. The Morgan fingerprint density at radius 1 is 1.39 bits per heavy atom. The summed E-state index contributed by atoms with van der Waals surface area (Å²) in [4.78, 5) is 0. The predicted molar refractivity (Wildman–Crippen MR) is 74.3 cm³/mol. The SMILES string of the molecule is CSC1CCCCC1Nc1ccc(F)cc1C#N. The molecule has 0 heterocycles. The van der Waals surface area contributed by atoms with E-state index in [1.54, 1.807) is 6.07 Å². The molecule has 0 spiro atoms. The molecular formula is C14H17FN2S. The Morgan fingerprint density at radius 2 is 2.17 bits per heavy atom. The van der Waals surface area contributed by atoms with Crippen LogP contribution in [0, 0.1) is 17.1 Å². The number of anilines is 1. The molecule has 0 aliphatic heterocycles. The molecule has 1 saturated carbocycles. The Labute approximate surface area is 112 Å². The molecule has 2 nitrogen and oxygen atoms in total. The average Bonchev–Trinajstić information content (AvgIpc) is 2.41. The van der Waals surface area contributed by atoms with Crippen molar-refractivity contribution in [3.63, 3.8) is 0 Å². The van der Waals surface area contributed by atoms with Gasteiger partial charge in [0.25, 0.3) is 0 Å². The number of nitriles is 1. The lowest BCUT2D eigenvalue weighted by atomic mass is 9.94. The van der Waals surface area contributed by atoms with Crippen LogP contribution in [0.1, 0.15) is 31.2 Å². The number of thioether (sulfide) groups is 1. The standard InChI is InChI=1S/C14H17FN2S/c1-18-14-5-3-2-4-13(14)17-12-7-6-11(15)8-10(12)9-16/h6-8,13-14,17H,2-5H2,1H3. The lowest BCUT2D eigenvalue weighted by molar-refractivity contribution is 0.475. The lowest BCUT2D eigenvalue weighted by Crippen LogP contribution is -2.34. The molecule has 1 aromatic carbocycles. The summed E-state index contributed by atoms with van der Waals surface area (Å²) in [6.45, 7) is 0. The van der Waals surface area contributed by atoms with Crippen molar-refractivity contribution < 1.29 is 4.39 Å². The molecule has 2 unspecified atom stereocenters. The monoisotopic (exact) mass is 264 g/mol. The highest BCUT2D eigenvalue weighted by Crippen LogP contribution is 2.30. The van der Waals surface area contributed by atoms with Crippen LogP contribution in [0.15, 0.2) is 18.2 Å². The van der Waals surface area contributed by atoms with E-state index in [1.807, 2.05) is 17.8 Å². The van der Waals surface area contributed by atoms with Gasteiger partial charge < -0.3 is 5.32 Å². The fourth-order valence-corrected chi connectivity index (χ4v) is 3.41. The zero-order chi connectivity index (χ0) is 13.0. The van der Waals surface area contributed by atoms with E-state index < -0.39 is 0 Å². The number of nitrogens with zero attached hydrogens (tertiary/aromatic N) is 1. The smallest absolute Gasteiger partial charge is 0.124 e. The molecule has 1 aromatic rings. The largest absolute Gasteiger partial charge is 0.380 e. The summed E-state index contributed by atoms with van der Waals surface area (Å²) < 4.78 is 13.1. The number of benzene rings is 1. The van der Waals surface area contributed by atoms with Crippen LogP contribution in [0.2, 0.25) is 0 Å². The first-order valence-corrected chi connectivity index (χ1v) is 7.52. The first-order chi connectivity index (χ1) is 8.74. The van der Waals surface area contributed by atoms with Crippen LogP contribution in [0.25, 0.3) is 0 Å². The Morgan fingerprint density at radius 3 is 2.89 bits per heavy atom. The molecule has 2 rings (SSSR count). The van der Waals surface area contributed by atoms with Gasteiger partial charge in [-0.1, -0.05) is 12.8 Å². The first kappa shape index (κ1) is 13.2. The maximum atomic E-state index is 13.1. The van der Waals surface area contributed by atoms with E-state index in [1.165, 1.54) is 31.4 Å². The molecule has 1 aliphatic carbocycles.